The zero-order valence-electron chi connectivity index (χ0n) is 20.5. The molecule has 4 rings (SSSR count). The smallest absolute Gasteiger partial charge is 0.381 e. The summed E-state index contributed by atoms with van der Waals surface area (Å²) in [6.45, 7) is 1.88. The first-order chi connectivity index (χ1) is 16.9. The summed E-state index contributed by atoms with van der Waals surface area (Å²) < 4.78 is 84.7. The summed E-state index contributed by atoms with van der Waals surface area (Å²) in [6, 6.07) is 1.47. The third-order valence-corrected chi connectivity index (χ3v) is 8.03. The van der Waals surface area contributed by atoms with Gasteiger partial charge in [0.1, 0.15) is 0 Å². The summed E-state index contributed by atoms with van der Waals surface area (Å²) in [4.78, 5) is 15.7. The first-order valence-corrected chi connectivity index (χ1v) is 12.7. The lowest BCUT2D eigenvalue weighted by Gasteiger charge is -2.32. The zero-order chi connectivity index (χ0) is 26.1. The van der Waals surface area contributed by atoms with Gasteiger partial charge in [-0.15, -0.1) is 0 Å². The number of methoxy groups -OCH3 is 1. The van der Waals surface area contributed by atoms with E-state index in [-0.39, 0.29) is 24.1 Å². The van der Waals surface area contributed by atoms with Crippen LogP contribution in [0.5, 0.6) is 0 Å². The Kier molecular flexibility index (Phi) is 7.95. The summed E-state index contributed by atoms with van der Waals surface area (Å²) in [5, 5.41) is 2.69. The number of nitrogens with zero attached hydrogens (tertiary/aromatic N) is 1. The van der Waals surface area contributed by atoms with Crippen LogP contribution in [0.15, 0.2) is 18.2 Å². The highest BCUT2D eigenvalue weighted by Crippen LogP contribution is 2.46. The number of carbonyl (C=O) groups excluding carboxylic acids is 1. The molecule has 36 heavy (non-hydrogen) atoms. The second kappa shape index (κ2) is 10.5. The van der Waals surface area contributed by atoms with E-state index in [0.29, 0.717) is 49.5 Å². The molecule has 1 aromatic carbocycles. The number of rotatable bonds is 8. The van der Waals surface area contributed by atoms with Crippen molar-refractivity contribution in [1.29, 1.82) is 0 Å². The number of nitrogens with one attached hydrogen (secondary N) is 1. The molecule has 1 atom stereocenters. The van der Waals surface area contributed by atoms with Crippen molar-refractivity contribution >= 4 is 5.91 Å². The highest BCUT2D eigenvalue weighted by Gasteiger charge is 2.48. The van der Waals surface area contributed by atoms with Crippen molar-refractivity contribution in [3.63, 3.8) is 0 Å². The Morgan fingerprint density at radius 1 is 0.972 bits per heavy atom. The summed E-state index contributed by atoms with van der Waals surface area (Å²) in [5.41, 5.74) is -3.61. The first kappa shape index (κ1) is 27.2. The van der Waals surface area contributed by atoms with E-state index in [1.807, 2.05) is 0 Å². The second-order valence-electron chi connectivity index (χ2n) is 10.9. The van der Waals surface area contributed by atoms with Crippen LogP contribution < -0.4 is 5.32 Å². The van der Waals surface area contributed by atoms with Gasteiger partial charge in [-0.05, 0) is 80.7 Å². The van der Waals surface area contributed by atoms with Gasteiger partial charge in [0.25, 0.3) is 0 Å². The van der Waals surface area contributed by atoms with Crippen molar-refractivity contribution in [1.82, 2.24) is 10.2 Å². The van der Waals surface area contributed by atoms with Crippen molar-refractivity contribution in [3.05, 3.63) is 34.9 Å². The molecular formula is C26H34F6N2O2. The number of hydrogen-bond donors (Lipinski definition) is 1. The van der Waals surface area contributed by atoms with Crippen LogP contribution in [0.4, 0.5) is 26.3 Å². The van der Waals surface area contributed by atoms with E-state index in [9.17, 15) is 31.1 Å². The van der Waals surface area contributed by atoms with Gasteiger partial charge in [0.15, 0.2) is 0 Å². The van der Waals surface area contributed by atoms with E-state index in [4.69, 9.17) is 4.74 Å². The van der Waals surface area contributed by atoms with Crippen LogP contribution in [-0.2, 0) is 28.4 Å². The van der Waals surface area contributed by atoms with Crippen molar-refractivity contribution in [2.45, 2.75) is 76.4 Å². The van der Waals surface area contributed by atoms with E-state index in [1.54, 1.807) is 7.11 Å². The molecular weight excluding hydrogens is 486 g/mol. The number of carbonyl (C=O) groups is 1. The number of likely N-dealkylation sites (tertiary alicyclic amines) is 1. The molecule has 2 aliphatic carbocycles. The van der Waals surface area contributed by atoms with Gasteiger partial charge in [-0.25, -0.2) is 0 Å². The largest absolute Gasteiger partial charge is 0.416 e. The van der Waals surface area contributed by atoms with Crippen molar-refractivity contribution in [3.8, 4) is 0 Å². The SMILES string of the molecule is COC1CCC(CN2CCC(CC3CC3)(C(=O)NCc3cc(C(F)(F)F)cc(C(F)(F)F)c3)C2)CC1. The summed E-state index contributed by atoms with van der Waals surface area (Å²) in [7, 11) is 1.74. The normalized spacial score (nSPS) is 27.9. The molecule has 1 heterocycles. The fraction of sp³-hybridized carbons (Fsp3) is 0.731. The Balaban J connectivity index is 1.42. The molecule has 3 aliphatic rings. The predicted octanol–water partition coefficient (Wildman–Crippen LogP) is 6.04. The van der Waals surface area contributed by atoms with Crippen molar-refractivity contribution < 1.29 is 35.9 Å². The molecule has 0 radical (unpaired) electrons. The van der Waals surface area contributed by atoms with Gasteiger partial charge in [-0.3, -0.25) is 4.79 Å². The summed E-state index contributed by atoms with van der Waals surface area (Å²) in [6.07, 6.45) is -1.84. The quantitative estimate of drug-likeness (QED) is 0.425. The van der Waals surface area contributed by atoms with Gasteiger partial charge >= 0.3 is 12.4 Å². The van der Waals surface area contributed by atoms with E-state index >= 15 is 0 Å². The van der Waals surface area contributed by atoms with Gasteiger partial charge < -0.3 is 15.0 Å². The molecule has 2 saturated carbocycles. The average Bonchev–Trinajstić information content (AvgIpc) is 3.54. The third-order valence-electron chi connectivity index (χ3n) is 8.03. The molecule has 3 fully saturated rings. The number of benzene rings is 1. The van der Waals surface area contributed by atoms with Gasteiger partial charge in [0.2, 0.25) is 5.91 Å². The number of hydrogen-bond acceptors (Lipinski definition) is 3. The third kappa shape index (κ3) is 6.73. The fourth-order valence-corrected chi connectivity index (χ4v) is 5.84. The monoisotopic (exact) mass is 520 g/mol. The van der Waals surface area contributed by atoms with Crippen LogP contribution >= 0.6 is 0 Å². The molecule has 1 aliphatic heterocycles. The lowest BCUT2D eigenvalue weighted by atomic mass is 9.80. The van der Waals surface area contributed by atoms with Gasteiger partial charge in [0, 0.05) is 26.7 Å². The second-order valence-corrected chi connectivity index (χ2v) is 10.9. The Morgan fingerprint density at radius 2 is 1.56 bits per heavy atom. The number of halogens is 6. The Morgan fingerprint density at radius 3 is 2.08 bits per heavy atom. The van der Waals surface area contributed by atoms with E-state index in [0.717, 1.165) is 51.6 Å². The van der Waals surface area contributed by atoms with Gasteiger partial charge in [-0.2, -0.15) is 26.3 Å². The van der Waals surface area contributed by atoms with E-state index < -0.39 is 28.9 Å². The van der Waals surface area contributed by atoms with Crippen LogP contribution in [0.2, 0.25) is 0 Å². The minimum absolute atomic E-state index is 0.106. The Labute approximate surface area is 207 Å². The van der Waals surface area contributed by atoms with Crippen LogP contribution in [-0.4, -0.2) is 43.7 Å². The number of alkyl halides is 6. The standard InChI is InChI=1S/C26H34F6N2O2/c1-36-22-6-4-18(5-7-22)15-34-9-8-24(16-34,13-17-2-3-17)23(35)33-14-19-10-20(25(27,28)29)12-21(11-19)26(30,31)32/h10-12,17-18,22H,2-9,13-16H2,1H3,(H,33,35). The molecule has 202 valence electrons. The van der Waals surface area contributed by atoms with Crippen LogP contribution in [0.3, 0.4) is 0 Å². The maximum atomic E-state index is 13.4. The van der Waals surface area contributed by atoms with Gasteiger partial charge in [0.05, 0.1) is 22.6 Å². The predicted molar refractivity (Wildman–Crippen MR) is 122 cm³/mol. The van der Waals surface area contributed by atoms with Crippen molar-refractivity contribution in [2.24, 2.45) is 17.3 Å². The molecule has 1 unspecified atom stereocenters. The van der Waals surface area contributed by atoms with Crippen LogP contribution in [0, 0.1) is 17.3 Å². The first-order valence-electron chi connectivity index (χ1n) is 12.7. The molecule has 1 amide bonds. The average molecular weight is 521 g/mol. The minimum atomic E-state index is -4.92. The van der Waals surface area contributed by atoms with E-state index in [1.165, 1.54) is 0 Å². The van der Waals surface area contributed by atoms with E-state index in [2.05, 4.69) is 10.2 Å². The van der Waals surface area contributed by atoms with Gasteiger partial charge in [-0.1, -0.05) is 12.8 Å². The minimum Gasteiger partial charge on any atom is -0.381 e. The summed E-state index contributed by atoms with van der Waals surface area (Å²) in [5.74, 6) is 0.728. The molecule has 0 aromatic heterocycles. The highest BCUT2D eigenvalue weighted by molar-refractivity contribution is 5.83. The molecule has 0 spiro atoms. The van der Waals surface area contributed by atoms with Crippen LogP contribution in [0.1, 0.15) is 68.1 Å². The number of ether oxygens (including phenoxy) is 1. The maximum Gasteiger partial charge on any atom is 0.416 e. The Bertz CT molecular complexity index is 890. The lowest BCUT2D eigenvalue weighted by Crippen LogP contribution is -2.44. The van der Waals surface area contributed by atoms with Crippen LogP contribution in [0.25, 0.3) is 0 Å². The topological polar surface area (TPSA) is 41.6 Å². The molecule has 10 heteroatoms. The lowest BCUT2D eigenvalue weighted by molar-refractivity contribution is -0.143. The molecule has 1 saturated heterocycles. The molecule has 1 aromatic rings. The summed E-state index contributed by atoms with van der Waals surface area (Å²) >= 11 is 0. The fourth-order valence-electron chi connectivity index (χ4n) is 5.84. The molecule has 4 nitrogen and oxygen atoms in total. The maximum absolute atomic E-state index is 13.4. The van der Waals surface area contributed by atoms with Crippen molar-refractivity contribution in [2.75, 3.05) is 26.7 Å². The zero-order valence-corrected chi connectivity index (χ0v) is 20.5. The highest BCUT2D eigenvalue weighted by atomic mass is 19.4. The number of amides is 1. The molecule has 1 N–H and O–H groups in total. The Hall–Kier alpha value is -1.81. The molecule has 0 bridgehead atoms.